The number of hydrazine groups is 1. The van der Waals surface area contributed by atoms with Gasteiger partial charge in [-0.05, 0) is 61.6 Å². The molecule has 3 N–H and O–H groups in total. The van der Waals surface area contributed by atoms with Gasteiger partial charge in [0.1, 0.15) is 5.75 Å². The minimum atomic E-state index is -0.0829. The van der Waals surface area contributed by atoms with Gasteiger partial charge in [-0.3, -0.25) is 5.84 Å². The van der Waals surface area contributed by atoms with Crippen LogP contribution in [0.5, 0.6) is 5.75 Å². The van der Waals surface area contributed by atoms with E-state index in [1.54, 1.807) is 7.11 Å². The van der Waals surface area contributed by atoms with Crippen LogP contribution in [0.25, 0.3) is 0 Å². The summed E-state index contributed by atoms with van der Waals surface area (Å²) in [5.74, 6) is 6.75. The van der Waals surface area contributed by atoms with E-state index in [0.29, 0.717) is 0 Å². The van der Waals surface area contributed by atoms with Crippen LogP contribution in [0.4, 0.5) is 0 Å². The maximum Gasteiger partial charge on any atom is 0.124 e. The Balaban J connectivity index is 2.64. The van der Waals surface area contributed by atoms with E-state index in [1.165, 1.54) is 27.8 Å². The SMILES string of the molecule is COc1cc(C)cc(C)c1C(NN)c1cccc(C)c1C. The van der Waals surface area contributed by atoms with E-state index in [1.807, 2.05) is 0 Å². The summed E-state index contributed by atoms with van der Waals surface area (Å²) in [4.78, 5) is 0. The van der Waals surface area contributed by atoms with E-state index >= 15 is 0 Å². The summed E-state index contributed by atoms with van der Waals surface area (Å²) in [6, 6.07) is 10.4. The molecule has 0 amide bonds. The Bertz CT molecular complexity index is 650. The first-order valence-corrected chi connectivity index (χ1v) is 7.17. The molecule has 2 aromatic carbocycles. The Labute approximate surface area is 127 Å². The summed E-state index contributed by atoms with van der Waals surface area (Å²) < 4.78 is 5.59. The minimum absolute atomic E-state index is 0.0829. The summed E-state index contributed by atoms with van der Waals surface area (Å²) in [5, 5.41) is 0. The highest BCUT2D eigenvalue weighted by Gasteiger charge is 2.21. The van der Waals surface area contributed by atoms with E-state index in [2.05, 4.69) is 63.5 Å². The molecule has 0 radical (unpaired) electrons. The molecule has 3 nitrogen and oxygen atoms in total. The first-order chi connectivity index (χ1) is 9.99. The minimum Gasteiger partial charge on any atom is -0.496 e. The molecule has 0 heterocycles. The van der Waals surface area contributed by atoms with Crippen LogP contribution in [0.1, 0.15) is 39.4 Å². The van der Waals surface area contributed by atoms with Crippen molar-refractivity contribution in [3.63, 3.8) is 0 Å². The van der Waals surface area contributed by atoms with Crippen LogP contribution in [-0.4, -0.2) is 7.11 Å². The molecule has 0 fully saturated rings. The van der Waals surface area contributed by atoms with Gasteiger partial charge in [-0.1, -0.05) is 24.3 Å². The lowest BCUT2D eigenvalue weighted by atomic mass is 9.89. The number of hydrogen-bond acceptors (Lipinski definition) is 3. The van der Waals surface area contributed by atoms with Crippen LogP contribution < -0.4 is 16.0 Å². The quantitative estimate of drug-likeness (QED) is 0.667. The number of aryl methyl sites for hydroxylation is 3. The number of methoxy groups -OCH3 is 1. The van der Waals surface area contributed by atoms with Crippen molar-refractivity contribution in [2.45, 2.75) is 33.7 Å². The van der Waals surface area contributed by atoms with Crippen LogP contribution in [-0.2, 0) is 0 Å². The number of benzene rings is 2. The normalized spacial score (nSPS) is 12.3. The Morgan fingerprint density at radius 3 is 2.38 bits per heavy atom. The van der Waals surface area contributed by atoms with Gasteiger partial charge in [-0.15, -0.1) is 0 Å². The van der Waals surface area contributed by atoms with Gasteiger partial charge in [0.05, 0.1) is 13.2 Å². The van der Waals surface area contributed by atoms with Gasteiger partial charge in [-0.25, -0.2) is 5.43 Å². The van der Waals surface area contributed by atoms with Crippen LogP contribution in [0.3, 0.4) is 0 Å². The van der Waals surface area contributed by atoms with E-state index in [-0.39, 0.29) is 6.04 Å². The topological polar surface area (TPSA) is 47.3 Å². The molecule has 0 aliphatic rings. The number of ether oxygens (including phenoxy) is 1. The lowest BCUT2D eigenvalue weighted by molar-refractivity contribution is 0.403. The molecule has 0 spiro atoms. The van der Waals surface area contributed by atoms with Crippen molar-refractivity contribution in [2.75, 3.05) is 7.11 Å². The summed E-state index contributed by atoms with van der Waals surface area (Å²) in [5.41, 5.74) is 10.1. The maximum absolute atomic E-state index is 5.88. The highest BCUT2D eigenvalue weighted by atomic mass is 16.5. The standard InChI is InChI=1S/C18H24N2O/c1-11-9-13(3)17(16(10-11)21-5)18(20-19)15-8-6-7-12(2)14(15)4/h6-10,18,20H,19H2,1-5H3. The van der Waals surface area contributed by atoms with Gasteiger partial charge in [0, 0.05) is 5.56 Å². The maximum atomic E-state index is 5.88. The molecule has 3 heteroatoms. The fourth-order valence-corrected chi connectivity index (χ4v) is 2.89. The van der Waals surface area contributed by atoms with Gasteiger partial charge in [-0.2, -0.15) is 0 Å². The third-order valence-electron chi connectivity index (χ3n) is 4.13. The highest BCUT2D eigenvalue weighted by molar-refractivity contribution is 5.50. The largest absolute Gasteiger partial charge is 0.496 e. The summed E-state index contributed by atoms with van der Waals surface area (Å²) >= 11 is 0. The van der Waals surface area contributed by atoms with Gasteiger partial charge in [0.15, 0.2) is 0 Å². The number of hydrogen-bond donors (Lipinski definition) is 2. The number of nitrogens with two attached hydrogens (primary N) is 1. The smallest absolute Gasteiger partial charge is 0.124 e. The molecule has 0 aromatic heterocycles. The Morgan fingerprint density at radius 2 is 1.76 bits per heavy atom. The molecule has 112 valence electrons. The van der Waals surface area contributed by atoms with Crippen molar-refractivity contribution in [2.24, 2.45) is 5.84 Å². The highest BCUT2D eigenvalue weighted by Crippen LogP contribution is 2.35. The van der Waals surface area contributed by atoms with Gasteiger partial charge >= 0.3 is 0 Å². The molecule has 2 rings (SSSR count). The summed E-state index contributed by atoms with van der Waals surface area (Å²) in [6.07, 6.45) is 0. The van der Waals surface area contributed by atoms with Crippen molar-refractivity contribution in [3.05, 3.63) is 63.7 Å². The average Bonchev–Trinajstić information content (AvgIpc) is 2.45. The second-order valence-electron chi connectivity index (χ2n) is 5.59. The van der Waals surface area contributed by atoms with Gasteiger partial charge < -0.3 is 4.74 Å². The molecule has 0 saturated heterocycles. The van der Waals surface area contributed by atoms with E-state index in [0.717, 1.165) is 11.3 Å². The van der Waals surface area contributed by atoms with Crippen LogP contribution in [0.2, 0.25) is 0 Å². The van der Waals surface area contributed by atoms with Crippen molar-refractivity contribution in [1.82, 2.24) is 5.43 Å². The zero-order valence-electron chi connectivity index (χ0n) is 13.4. The van der Waals surface area contributed by atoms with E-state index < -0.39 is 0 Å². The molecule has 21 heavy (non-hydrogen) atoms. The summed E-state index contributed by atoms with van der Waals surface area (Å²) in [6.45, 7) is 8.42. The molecule has 2 aromatic rings. The number of nitrogens with one attached hydrogen (secondary N) is 1. The molecule has 1 unspecified atom stereocenters. The molecule has 0 bridgehead atoms. The van der Waals surface area contributed by atoms with Crippen molar-refractivity contribution in [1.29, 1.82) is 0 Å². The molecule has 0 aliphatic heterocycles. The third kappa shape index (κ3) is 2.94. The predicted octanol–water partition coefficient (Wildman–Crippen LogP) is 3.48. The Hall–Kier alpha value is -1.84. The molecule has 1 atom stereocenters. The predicted molar refractivity (Wildman–Crippen MR) is 87.6 cm³/mol. The molecular weight excluding hydrogens is 260 g/mol. The third-order valence-corrected chi connectivity index (χ3v) is 4.13. The van der Waals surface area contributed by atoms with Crippen LogP contribution >= 0.6 is 0 Å². The molecule has 0 saturated carbocycles. The molecular formula is C18H24N2O. The van der Waals surface area contributed by atoms with Crippen LogP contribution in [0.15, 0.2) is 30.3 Å². The fraction of sp³-hybridized carbons (Fsp3) is 0.333. The second-order valence-corrected chi connectivity index (χ2v) is 5.59. The average molecular weight is 284 g/mol. The lowest BCUT2D eigenvalue weighted by Crippen LogP contribution is -2.30. The van der Waals surface area contributed by atoms with E-state index in [4.69, 9.17) is 10.6 Å². The monoisotopic (exact) mass is 284 g/mol. The van der Waals surface area contributed by atoms with E-state index in [9.17, 15) is 0 Å². The second kappa shape index (κ2) is 6.29. The van der Waals surface area contributed by atoms with Gasteiger partial charge in [0.2, 0.25) is 0 Å². The Morgan fingerprint density at radius 1 is 1.05 bits per heavy atom. The van der Waals surface area contributed by atoms with Gasteiger partial charge in [0.25, 0.3) is 0 Å². The van der Waals surface area contributed by atoms with Crippen LogP contribution in [0, 0.1) is 27.7 Å². The zero-order valence-corrected chi connectivity index (χ0v) is 13.4. The zero-order chi connectivity index (χ0) is 15.6. The van der Waals surface area contributed by atoms with Crippen molar-refractivity contribution in [3.8, 4) is 5.75 Å². The van der Waals surface area contributed by atoms with Crippen molar-refractivity contribution >= 4 is 0 Å². The number of rotatable bonds is 4. The first-order valence-electron chi connectivity index (χ1n) is 7.17. The first kappa shape index (κ1) is 15.5. The fourth-order valence-electron chi connectivity index (χ4n) is 2.89. The van der Waals surface area contributed by atoms with Crippen molar-refractivity contribution < 1.29 is 4.74 Å². The molecule has 0 aliphatic carbocycles. The Kier molecular flexibility index (Phi) is 4.66. The lowest BCUT2D eigenvalue weighted by Gasteiger charge is -2.24. The summed E-state index contributed by atoms with van der Waals surface area (Å²) in [7, 11) is 1.70.